The summed E-state index contributed by atoms with van der Waals surface area (Å²) in [5, 5.41) is 8.46. The van der Waals surface area contributed by atoms with E-state index in [4.69, 9.17) is 21.1 Å². The van der Waals surface area contributed by atoms with Gasteiger partial charge in [-0.1, -0.05) is 23.7 Å². The summed E-state index contributed by atoms with van der Waals surface area (Å²) in [5.74, 6) is 0.555. The fraction of sp³-hybridized carbons (Fsp3) is 0.227. The topological polar surface area (TPSA) is 89.6 Å². The first-order valence-electron chi connectivity index (χ1n) is 9.47. The number of hydrogen-bond donors (Lipinski definition) is 2. The zero-order valence-electron chi connectivity index (χ0n) is 17.1. The summed E-state index contributed by atoms with van der Waals surface area (Å²) in [5.41, 5.74) is 2.07. The number of carbonyl (C=O) groups is 2. The van der Waals surface area contributed by atoms with Crippen molar-refractivity contribution in [3.63, 3.8) is 0 Å². The second-order valence-electron chi connectivity index (χ2n) is 6.60. The molecule has 1 heterocycles. The Bertz CT molecular complexity index is 1030. The van der Waals surface area contributed by atoms with E-state index in [-0.39, 0.29) is 18.2 Å². The Hall–Kier alpha value is -3.10. The molecule has 162 valence electrons. The van der Waals surface area contributed by atoms with E-state index in [0.29, 0.717) is 45.9 Å². The van der Waals surface area contributed by atoms with Crippen LogP contribution in [-0.2, 0) is 17.6 Å². The quantitative estimate of drug-likeness (QED) is 0.505. The fourth-order valence-electron chi connectivity index (χ4n) is 2.78. The Balaban J connectivity index is 1.51. The molecule has 0 radical (unpaired) electrons. The van der Waals surface area contributed by atoms with Crippen molar-refractivity contribution in [1.29, 1.82) is 0 Å². The smallest absolute Gasteiger partial charge is 0.257 e. The number of ether oxygens (including phenoxy) is 2. The average molecular weight is 460 g/mol. The molecule has 0 saturated carbocycles. The molecule has 2 N–H and O–H groups in total. The molecule has 0 aliphatic carbocycles. The van der Waals surface area contributed by atoms with Crippen molar-refractivity contribution in [2.45, 2.75) is 12.8 Å². The van der Waals surface area contributed by atoms with Crippen LogP contribution in [0.1, 0.15) is 21.6 Å². The standard InChI is InChI=1S/C22H22ClN3O4S/c1-29-18-9-15(10-19(12-18)30-2)21(28)26-22-25-17(13-31-22)11-20(27)24-8-7-14-3-5-16(23)6-4-14/h3-6,9-10,12-13H,7-8,11H2,1-2H3,(H,24,27)(H,25,26,28). The summed E-state index contributed by atoms with van der Waals surface area (Å²) in [6, 6.07) is 12.4. The van der Waals surface area contributed by atoms with Crippen LogP contribution in [-0.4, -0.2) is 37.6 Å². The minimum atomic E-state index is -0.342. The minimum absolute atomic E-state index is 0.130. The Labute approximate surface area is 189 Å². The van der Waals surface area contributed by atoms with Crippen LogP contribution >= 0.6 is 22.9 Å². The normalized spacial score (nSPS) is 10.4. The molecule has 0 aliphatic heterocycles. The molecule has 0 spiro atoms. The zero-order chi connectivity index (χ0) is 22.2. The Kier molecular flexibility index (Phi) is 7.86. The van der Waals surface area contributed by atoms with E-state index >= 15 is 0 Å². The minimum Gasteiger partial charge on any atom is -0.497 e. The number of thiazole rings is 1. The number of anilines is 1. The number of aromatic nitrogens is 1. The van der Waals surface area contributed by atoms with Crippen molar-refractivity contribution in [3.05, 3.63) is 69.7 Å². The van der Waals surface area contributed by atoms with Crippen molar-refractivity contribution in [2.24, 2.45) is 0 Å². The van der Waals surface area contributed by atoms with Gasteiger partial charge in [0.25, 0.3) is 5.91 Å². The summed E-state index contributed by atoms with van der Waals surface area (Å²) < 4.78 is 10.4. The van der Waals surface area contributed by atoms with E-state index in [0.717, 1.165) is 5.56 Å². The first-order chi connectivity index (χ1) is 15.0. The molecule has 0 atom stereocenters. The Morgan fingerprint density at radius 2 is 1.74 bits per heavy atom. The summed E-state index contributed by atoms with van der Waals surface area (Å²) in [6.07, 6.45) is 0.852. The van der Waals surface area contributed by atoms with Crippen LogP contribution in [0, 0.1) is 0 Å². The van der Waals surface area contributed by atoms with Crippen LogP contribution in [0.5, 0.6) is 11.5 Å². The predicted molar refractivity (Wildman–Crippen MR) is 121 cm³/mol. The van der Waals surface area contributed by atoms with Gasteiger partial charge in [-0.3, -0.25) is 14.9 Å². The highest BCUT2D eigenvalue weighted by Crippen LogP contribution is 2.24. The van der Waals surface area contributed by atoms with Gasteiger partial charge in [0.2, 0.25) is 5.91 Å². The maximum absolute atomic E-state index is 12.5. The highest BCUT2D eigenvalue weighted by molar-refractivity contribution is 7.14. The molecule has 0 saturated heterocycles. The highest BCUT2D eigenvalue weighted by Gasteiger charge is 2.13. The third kappa shape index (κ3) is 6.70. The fourth-order valence-corrected chi connectivity index (χ4v) is 3.61. The van der Waals surface area contributed by atoms with Crippen molar-refractivity contribution in [2.75, 3.05) is 26.1 Å². The average Bonchev–Trinajstić information content (AvgIpc) is 3.21. The van der Waals surface area contributed by atoms with Gasteiger partial charge in [-0.2, -0.15) is 0 Å². The van der Waals surface area contributed by atoms with Gasteiger partial charge in [-0.15, -0.1) is 11.3 Å². The number of amides is 2. The highest BCUT2D eigenvalue weighted by atomic mass is 35.5. The molecule has 0 fully saturated rings. The largest absolute Gasteiger partial charge is 0.497 e. The van der Waals surface area contributed by atoms with Gasteiger partial charge < -0.3 is 14.8 Å². The lowest BCUT2D eigenvalue weighted by atomic mass is 10.1. The van der Waals surface area contributed by atoms with Gasteiger partial charge in [0.05, 0.1) is 26.3 Å². The molecule has 7 nitrogen and oxygen atoms in total. The number of nitrogens with one attached hydrogen (secondary N) is 2. The molecular formula is C22H22ClN3O4S. The third-order valence-electron chi connectivity index (χ3n) is 4.38. The number of hydrogen-bond acceptors (Lipinski definition) is 6. The molecule has 0 aliphatic rings. The van der Waals surface area contributed by atoms with Crippen LogP contribution in [0.4, 0.5) is 5.13 Å². The van der Waals surface area contributed by atoms with E-state index in [1.807, 2.05) is 24.3 Å². The molecule has 3 aromatic rings. The maximum atomic E-state index is 12.5. The van der Waals surface area contributed by atoms with Gasteiger partial charge in [0, 0.05) is 28.6 Å². The maximum Gasteiger partial charge on any atom is 0.257 e. The lowest BCUT2D eigenvalue weighted by Gasteiger charge is -2.08. The van der Waals surface area contributed by atoms with Gasteiger partial charge in [0.15, 0.2) is 5.13 Å². The van der Waals surface area contributed by atoms with Crippen molar-refractivity contribution in [3.8, 4) is 11.5 Å². The summed E-state index contributed by atoms with van der Waals surface area (Å²) >= 11 is 7.13. The van der Waals surface area contributed by atoms with Crippen LogP contribution in [0.25, 0.3) is 0 Å². The van der Waals surface area contributed by atoms with Crippen LogP contribution < -0.4 is 20.1 Å². The summed E-state index contributed by atoms with van der Waals surface area (Å²) in [7, 11) is 3.04. The number of benzene rings is 2. The van der Waals surface area contributed by atoms with Crippen LogP contribution in [0.3, 0.4) is 0 Å². The Morgan fingerprint density at radius 3 is 2.39 bits per heavy atom. The monoisotopic (exact) mass is 459 g/mol. The van der Waals surface area contributed by atoms with Crippen LogP contribution in [0.15, 0.2) is 47.8 Å². The van der Waals surface area contributed by atoms with Gasteiger partial charge in [0.1, 0.15) is 11.5 Å². The first kappa shape index (κ1) is 22.6. The predicted octanol–water partition coefficient (Wildman–Crippen LogP) is 3.97. The molecule has 0 bridgehead atoms. The molecule has 3 rings (SSSR count). The molecule has 0 unspecified atom stereocenters. The van der Waals surface area contributed by atoms with Gasteiger partial charge in [-0.25, -0.2) is 4.98 Å². The SMILES string of the molecule is COc1cc(OC)cc(C(=O)Nc2nc(CC(=O)NCCc3ccc(Cl)cc3)cs2)c1. The second-order valence-corrected chi connectivity index (χ2v) is 7.90. The molecule has 9 heteroatoms. The van der Waals surface area contributed by atoms with Crippen LogP contribution in [0.2, 0.25) is 5.02 Å². The lowest BCUT2D eigenvalue weighted by molar-refractivity contribution is -0.120. The van der Waals surface area contributed by atoms with Gasteiger partial charge >= 0.3 is 0 Å². The second kappa shape index (κ2) is 10.8. The van der Waals surface area contributed by atoms with E-state index in [1.54, 1.807) is 23.6 Å². The van der Waals surface area contributed by atoms with E-state index in [2.05, 4.69) is 15.6 Å². The summed E-state index contributed by atoms with van der Waals surface area (Å²) in [6.45, 7) is 0.520. The van der Waals surface area contributed by atoms with Crippen molar-refractivity contribution < 1.29 is 19.1 Å². The number of halogens is 1. The first-order valence-corrected chi connectivity index (χ1v) is 10.7. The number of nitrogens with zero attached hydrogens (tertiary/aromatic N) is 1. The van der Waals surface area contributed by atoms with Crippen molar-refractivity contribution >= 4 is 39.9 Å². The number of rotatable bonds is 9. The van der Waals surface area contributed by atoms with Crippen molar-refractivity contribution in [1.82, 2.24) is 10.3 Å². The zero-order valence-corrected chi connectivity index (χ0v) is 18.7. The van der Waals surface area contributed by atoms with Gasteiger partial charge in [-0.05, 0) is 36.2 Å². The lowest BCUT2D eigenvalue weighted by Crippen LogP contribution is -2.27. The molecule has 1 aromatic heterocycles. The molecular weight excluding hydrogens is 438 g/mol. The third-order valence-corrected chi connectivity index (χ3v) is 5.44. The molecule has 31 heavy (non-hydrogen) atoms. The van der Waals surface area contributed by atoms with E-state index < -0.39 is 0 Å². The van der Waals surface area contributed by atoms with E-state index in [1.165, 1.54) is 25.6 Å². The number of carbonyl (C=O) groups excluding carboxylic acids is 2. The van der Waals surface area contributed by atoms with E-state index in [9.17, 15) is 9.59 Å². The molecule has 2 amide bonds. The summed E-state index contributed by atoms with van der Waals surface area (Å²) in [4.78, 5) is 29.0. The Morgan fingerprint density at radius 1 is 1.06 bits per heavy atom. The molecule has 2 aromatic carbocycles. The number of methoxy groups -OCH3 is 2.